The summed E-state index contributed by atoms with van der Waals surface area (Å²) in [5.41, 5.74) is 1.72. The number of halogens is 1. The molecule has 0 spiro atoms. The first-order valence-corrected chi connectivity index (χ1v) is 5.31. The van der Waals surface area contributed by atoms with Crippen molar-refractivity contribution in [3.63, 3.8) is 0 Å². The van der Waals surface area contributed by atoms with Crippen molar-refractivity contribution in [1.29, 1.82) is 0 Å². The van der Waals surface area contributed by atoms with Crippen LogP contribution in [0.5, 0.6) is 0 Å². The summed E-state index contributed by atoms with van der Waals surface area (Å²) in [5.74, 6) is 0.0263. The normalized spacial score (nSPS) is 19.4. The van der Waals surface area contributed by atoms with Crippen molar-refractivity contribution in [3.05, 3.63) is 23.2 Å². The highest BCUT2D eigenvalue weighted by Crippen LogP contribution is 2.37. The van der Waals surface area contributed by atoms with E-state index in [-0.39, 0.29) is 11.9 Å². The van der Waals surface area contributed by atoms with Gasteiger partial charge in [0.25, 0.3) is 0 Å². The van der Waals surface area contributed by atoms with Gasteiger partial charge < -0.3 is 10.2 Å². The van der Waals surface area contributed by atoms with Crippen molar-refractivity contribution < 1.29 is 4.79 Å². The van der Waals surface area contributed by atoms with Crippen molar-refractivity contribution in [3.8, 4) is 0 Å². The topological polar surface area (TPSA) is 32.3 Å². The Morgan fingerprint density at radius 3 is 3.00 bits per heavy atom. The van der Waals surface area contributed by atoms with E-state index < -0.39 is 0 Å². The molecule has 1 amide bonds. The number of nitrogens with one attached hydrogen (secondary N) is 1. The van der Waals surface area contributed by atoms with Gasteiger partial charge in [0.15, 0.2) is 0 Å². The molecule has 80 valence electrons. The van der Waals surface area contributed by atoms with E-state index in [0.717, 1.165) is 17.9 Å². The maximum absolute atomic E-state index is 11.6. The molecule has 0 radical (unpaired) electrons. The number of para-hydroxylation sites is 1. The fourth-order valence-electron chi connectivity index (χ4n) is 1.94. The first-order valence-electron chi connectivity index (χ1n) is 4.93. The fourth-order valence-corrected chi connectivity index (χ4v) is 2.21. The molecule has 1 aromatic rings. The zero-order chi connectivity index (χ0) is 11.0. The number of hydrogen-bond acceptors (Lipinski definition) is 2. The zero-order valence-corrected chi connectivity index (χ0v) is 9.51. The molecule has 0 fully saturated rings. The number of carbonyl (C=O) groups excluding carboxylic acids is 1. The van der Waals surface area contributed by atoms with Gasteiger partial charge in [0.05, 0.1) is 22.4 Å². The lowest BCUT2D eigenvalue weighted by Crippen LogP contribution is -2.45. The molecule has 3 nitrogen and oxygen atoms in total. The Bertz CT molecular complexity index is 406. The summed E-state index contributed by atoms with van der Waals surface area (Å²) < 4.78 is 0. The molecule has 0 aromatic heterocycles. The number of benzene rings is 1. The average Bonchev–Trinajstić information content (AvgIpc) is 2.18. The van der Waals surface area contributed by atoms with E-state index in [1.54, 1.807) is 17.9 Å². The van der Waals surface area contributed by atoms with Gasteiger partial charge in [-0.2, -0.15) is 0 Å². The lowest BCUT2D eigenvalue weighted by Gasteiger charge is -2.35. The highest BCUT2D eigenvalue weighted by Gasteiger charge is 2.27. The van der Waals surface area contributed by atoms with Crippen LogP contribution in [-0.4, -0.2) is 18.5 Å². The molecule has 1 heterocycles. The van der Waals surface area contributed by atoms with Crippen molar-refractivity contribution in [2.75, 3.05) is 16.8 Å². The molecule has 4 heteroatoms. The Balaban J connectivity index is 2.55. The van der Waals surface area contributed by atoms with Gasteiger partial charge in [0, 0.05) is 13.5 Å². The van der Waals surface area contributed by atoms with Crippen LogP contribution in [0.1, 0.15) is 13.8 Å². The summed E-state index contributed by atoms with van der Waals surface area (Å²) in [6, 6.07) is 5.75. The molecule has 1 atom stereocenters. The molecular formula is C11H13ClN2O. The lowest BCUT2D eigenvalue weighted by atomic mass is 10.1. The van der Waals surface area contributed by atoms with E-state index in [1.165, 1.54) is 0 Å². The summed E-state index contributed by atoms with van der Waals surface area (Å²) in [5, 5.41) is 3.87. The number of fused-ring (bicyclic) bond motifs is 1. The predicted octanol–water partition coefficient (Wildman–Crippen LogP) is 2.51. The van der Waals surface area contributed by atoms with Crippen LogP contribution in [-0.2, 0) is 4.79 Å². The third-order valence-electron chi connectivity index (χ3n) is 2.60. The van der Waals surface area contributed by atoms with E-state index in [9.17, 15) is 4.79 Å². The van der Waals surface area contributed by atoms with E-state index in [0.29, 0.717) is 5.02 Å². The van der Waals surface area contributed by atoms with Crippen LogP contribution >= 0.6 is 11.6 Å². The molecule has 1 aromatic carbocycles. The van der Waals surface area contributed by atoms with Crippen LogP contribution in [0, 0.1) is 0 Å². The van der Waals surface area contributed by atoms with E-state index >= 15 is 0 Å². The van der Waals surface area contributed by atoms with Crippen LogP contribution in [0.2, 0.25) is 5.02 Å². The zero-order valence-electron chi connectivity index (χ0n) is 8.75. The first-order chi connectivity index (χ1) is 7.11. The Hall–Kier alpha value is -1.22. The molecule has 2 rings (SSSR count). The molecule has 1 aliphatic heterocycles. The minimum Gasteiger partial charge on any atom is -0.381 e. The Kier molecular flexibility index (Phi) is 2.57. The first kappa shape index (κ1) is 10.3. The number of hydrogen-bond donors (Lipinski definition) is 1. The van der Waals surface area contributed by atoms with Crippen LogP contribution in [0.25, 0.3) is 0 Å². The van der Waals surface area contributed by atoms with Gasteiger partial charge in [-0.1, -0.05) is 17.7 Å². The second kappa shape index (κ2) is 3.74. The average molecular weight is 225 g/mol. The lowest BCUT2D eigenvalue weighted by molar-refractivity contribution is -0.116. The third-order valence-corrected chi connectivity index (χ3v) is 2.90. The van der Waals surface area contributed by atoms with E-state index in [2.05, 4.69) is 5.32 Å². The third kappa shape index (κ3) is 1.67. The van der Waals surface area contributed by atoms with Crippen LogP contribution in [0.4, 0.5) is 11.4 Å². The van der Waals surface area contributed by atoms with E-state index in [1.807, 2.05) is 19.1 Å². The quantitative estimate of drug-likeness (QED) is 0.735. The molecule has 0 saturated carbocycles. The molecule has 0 bridgehead atoms. The smallest absolute Gasteiger partial charge is 0.224 e. The maximum Gasteiger partial charge on any atom is 0.224 e. The molecule has 0 saturated heterocycles. The Labute approximate surface area is 94.0 Å². The van der Waals surface area contributed by atoms with Crippen LogP contribution in [0.15, 0.2) is 18.2 Å². The van der Waals surface area contributed by atoms with Crippen molar-refractivity contribution in [1.82, 2.24) is 0 Å². The van der Waals surface area contributed by atoms with Gasteiger partial charge in [-0.15, -0.1) is 0 Å². The van der Waals surface area contributed by atoms with Crippen molar-refractivity contribution >= 4 is 28.9 Å². The molecule has 0 unspecified atom stereocenters. The molecule has 1 aliphatic rings. The number of rotatable bonds is 0. The van der Waals surface area contributed by atoms with Gasteiger partial charge in [-0.3, -0.25) is 4.79 Å². The SMILES string of the molecule is CC(=O)N1c2c(Cl)cccc2NC[C@@H]1C. The van der Waals surface area contributed by atoms with Crippen LogP contribution in [0.3, 0.4) is 0 Å². The van der Waals surface area contributed by atoms with Gasteiger partial charge in [-0.25, -0.2) is 0 Å². The van der Waals surface area contributed by atoms with Crippen molar-refractivity contribution in [2.45, 2.75) is 19.9 Å². The summed E-state index contributed by atoms with van der Waals surface area (Å²) in [6.07, 6.45) is 0. The highest BCUT2D eigenvalue weighted by molar-refractivity contribution is 6.34. The van der Waals surface area contributed by atoms with Gasteiger partial charge in [0.2, 0.25) is 5.91 Å². The molecule has 0 aliphatic carbocycles. The largest absolute Gasteiger partial charge is 0.381 e. The Morgan fingerprint density at radius 2 is 2.33 bits per heavy atom. The summed E-state index contributed by atoms with van der Waals surface area (Å²) in [7, 11) is 0. The maximum atomic E-state index is 11.6. The van der Waals surface area contributed by atoms with E-state index in [4.69, 9.17) is 11.6 Å². The van der Waals surface area contributed by atoms with Crippen LogP contribution < -0.4 is 10.2 Å². The predicted molar refractivity (Wildman–Crippen MR) is 62.6 cm³/mol. The van der Waals surface area contributed by atoms with Gasteiger partial charge in [-0.05, 0) is 19.1 Å². The standard InChI is InChI=1S/C11H13ClN2O/c1-7-6-13-10-5-3-4-9(12)11(10)14(7)8(2)15/h3-5,7,13H,6H2,1-2H3/t7-/m0/s1. The molecule has 15 heavy (non-hydrogen) atoms. The minimum absolute atomic E-state index is 0.0263. The summed E-state index contributed by atoms with van der Waals surface area (Å²) in [6.45, 7) is 4.32. The number of amides is 1. The second-order valence-corrected chi connectivity index (χ2v) is 4.16. The summed E-state index contributed by atoms with van der Waals surface area (Å²) >= 11 is 6.11. The van der Waals surface area contributed by atoms with Crippen molar-refractivity contribution in [2.24, 2.45) is 0 Å². The van der Waals surface area contributed by atoms with Gasteiger partial charge >= 0.3 is 0 Å². The molecular weight excluding hydrogens is 212 g/mol. The number of nitrogens with zero attached hydrogens (tertiary/aromatic N) is 1. The monoisotopic (exact) mass is 224 g/mol. The summed E-state index contributed by atoms with van der Waals surface area (Å²) in [4.78, 5) is 13.3. The van der Waals surface area contributed by atoms with Gasteiger partial charge in [0.1, 0.15) is 0 Å². The molecule has 1 N–H and O–H groups in total. The number of anilines is 2. The fraction of sp³-hybridized carbons (Fsp3) is 0.364. The Morgan fingerprint density at radius 1 is 1.60 bits per heavy atom. The minimum atomic E-state index is 0.0263. The number of carbonyl (C=O) groups is 1. The second-order valence-electron chi connectivity index (χ2n) is 3.75. The highest BCUT2D eigenvalue weighted by atomic mass is 35.5.